The van der Waals surface area contributed by atoms with Crippen LogP contribution in [0.5, 0.6) is 5.75 Å². The summed E-state index contributed by atoms with van der Waals surface area (Å²) in [4.78, 5) is 26.8. The average Bonchev–Trinajstić information content (AvgIpc) is 2.94. The van der Waals surface area contributed by atoms with E-state index in [1.54, 1.807) is 24.3 Å². The Morgan fingerprint density at radius 1 is 1.24 bits per heavy atom. The molecule has 1 heterocycles. The van der Waals surface area contributed by atoms with Crippen LogP contribution < -0.4 is 10.1 Å². The smallest absolute Gasteiger partial charge is 0.266 e. The number of nitrogens with one attached hydrogen (secondary N) is 1. The number of carbonyl (C=O) groups excluding carboxylic acids is 2. The Labute approximate surface area is 188 Å². The summed E-state index contributed by atoms with van der Waals surface area (Å²) < 4.78 is 5.73. The zero-order valence-corrected chi connectivity index (χ0v) is 18.4. The minimum atomic E-state index is -0.423. The minimum absolute atomic E-state index is 0.214. The summed E-state index contributed by atoms with van der Waals surface area (Å²) >= 11 is 18.5. The highest BCUT2D eigenvalue weighted by atomic mass is 35.5. The average molecular weight is 467 g/mol. The number of thiocarbonyl (C=S) groups is 1. The number of amides is 2. The van der Waals surface area contributed by atoms with Crippen molar-refractivity contribution in [1.82, 2.24) is 4.90 Å². The zero-order valence-electron chi connectivity index (χ0n) is 15.3. The quantitative estimate of drug-likeness (QED) is 0.466. The predicted molar refractivity (Wildman–Crippen MR) is 123 cm³/mol. The molecule has 0 radical (unpaired) electrons. The molecule has 0 bridgehead atoms. The molecule has 1 fully saturated rings. The van der Waals surface area contributed by atoms with Crippen LogP contribution >= 0.6 is 47.2 Å². The Bertz CT molecular complexity index is 994. The summed E-state index contributed by atoms with van der Waals surface area (Å²) in [6, 6.07) is 12.3. The molecule has 0 aromatic heterocycles. The molecule has 0 aliphatic carbocycles. The summed E-state index contributed by atoms with van der Waals surface area (Å²) in [5.41, 5.74) is 1.21. The highest BCUT2D eigenvalue weighted by molar-refractivity contribution is 8.26. The Balaban J connectivity index is 1.68. The molecule has 1 aliphatic heterocycles. The van der Waals surface area contributed by atoms with Crippen molar-refractivity contribution < 1.29 is 14.3 Å². The van der Waals surface area contributed by atoms with Crippen LogP contribution in [0.2, 0.25) is 10.0 Å². The maximum absolute atomic E-state index is 12.7. The van der Waals surface area contributed by atoms with Crippen molar-refractivity contribution in [2.45, 2.75) is 6.92 Å². The van der Waals surface area contributed by atoms with Gasteiger partial charge < -0.3 is 10.1 Å². The summed E-state index contributed by atoms with van der Waals surface area (Å²) in [7, 11) is 0. The molecule has 5 nitrogen and oxygen atoms in total. The van der Waals surface area contributed by atoms with Crippen LogP contribution in [-0.2, 0) is 9.59 Å². The van der Waals surface area contributed by atoms with Gasteiger partial charge in [0.2, 0.25) is 5.91 Å². The summed E-state index contributed by atoms with van der Waals surface area (Å²) in [6.07, 6.45) is 1.74. The second-order valence-corrected chi connectivity index (χ2v) is 8.38. The van der Waals surface area contributed by atoms with E-state index >= 15 is 0 Å². The molecule has 1 N–H and O–H groups in total. The molecule has 2 aromatic carbocycles. The Morgan fingerprint density at radius 3 is 2.66 bits per heavy atom. The summed E-state index contributed by atoms with van der Waals surface area (Å²) in [6.45, 7) is 2.28. The number of ether oxygens (including phenoxy) is 1. The van der Waals surface area contributed by atoms with Gasteiger partial charge in [0.1, 0.15) is 16.6 Å². The lowest BCUT2D eigenvalue weighted by molar-refractivity contribution is -0.126. The Hall–Kier alpha value is -2.06. The zero-order chi connectivity index (χ0) is 21.0. The number of rotatable bonds is 6. The number of halogens is 2. The van der Waals surface area contributed by atoms with Gasteiger partial charge in [-0.05, 0) is 42.8 Å². The fraction of sp³-hybridized carbons (Fsp3) is 0.150. The van der Waals surface area contributed by atoms with E-state index < -0.39 is 5.91 Å². The molecule has 0 atom stereocenters. The third kappa shape index (κ3) is 5.30. The number of benzene rings is 2. The number of thioether (sulfide) groups is 1. The normalized spacial score (nSPS) is 15.1. The number of hydrogen-bond acceptors (Lipinski definition) is 5. The van der Waals surface area contributed by atoms with Gasteiger partial charge in [0.15, 0.2) is 0 Å². The second kappa shape index (κ2) is 9.63. The van der Waals surface area contributed by atoms with E-state index in [-0.39, 0.29) is 17.5 Å². The van der Waals surface area contributed by atoms with Gasteiger partial charge in [0.25, 0.3) is 5.91 Å². The van der Waals surface area contributed by atoms with E-state index in [4.69, 9.17) is 40.2 Å². The molecule has 0 spiro atoms. The lowest BCUT2D eigenvalue weighted by Gasteiger charge is -2.15. The van der Waals surface area contributed by atoms with Crippen molar-refractivity contribution in [2.75, 3.05) is 18.5 Å². The molecule has 1 aliphatic rings. The fourth-order valence-electron chi connectivity index (χ4n) is 2.55. The second-order valence-electron chi connectivity index (χ2n) is 5.92. The fourth-order valence-corrected chi connectivity index (χ4v) is 4.15. The van der Waals surface area contributed by atoms with Crippen LogP contribution in [0.3, 0.4) is 0 Å². The van der Waals surface area contributed by atoms with Gasteiger partial charge in [-0.2, -0.15) is 0 Å². The van der Waals surface area contributed by atoms with Gasteiger partial charge in [-0.1, -0.05) is 65.4 Å². The molecule has 0 unspecified atom stereocenters. The molecule has 3 rings (SSSR count). The van der Waals surface area contributed by atoms with Crippen molar-refractivity contribution in [3.63, 3.8) is 0 Å². The maximum Gasteiger partial charge on any atom is 0.266 e. The number of anilines is 1. The van der Waals surface area contributed by atoms with Gasteiger partial charge >= 0.3 is 0 Å². The lowest BCUT2D eigenvalue weighted by Crippen LogP contribution is -2.36. The molecule has 0 saturated carbocycles. The first-order valence-corrected chi connectivity index (χ1v) is 10.6. The molecule has 9 heteroatoms. The number of hydrogen-bond donors (Lipinski definition) is 1. The molecule has 29 heavy (non-hydrogen) atoms. The summed E-state index contributed by atoms with van der Waals surface area (Å²) in [5.74, 6) is 0.0163. The van der Waals surface area contributed by atoms with Crippen LogP contribution in [0.15, 0.2) is 47.4 Å². The van der Waals surface area contributed by atoms with Crippen molar-refractivity contribution in [1.29, 1.82) is 0 Å². The van der Waals surface area contributed by atoms with E-state index in [1.165, 1.54) is 4.90 Å². The molecular weight excluding hydrogens is 451 g/mol. The van der Waals surface area contributed by atoms with Crippen LogP contribution in [0, 0.1) is 0 Å². The van der Waals surface area contributed by atoms with Crippen molar-refractivity contribution >= 4 is 75.1 Å². The van der Waals surface area contributed by atoms with Crippen LogP contribution in [0.4, 0.5) is 5.69 Å². The third-order valence-electron chi connectivity index (χ3n) is 3.89. The van der Waals surface area contributed by atoms with Gasteiger partial charge in [0, 0.05) is 0 Å². The van der Waals surface area contributed by atoms with Gasteiger partial charge in [0.05, 0.1) is 27.2 Å². The standard InChI is InChI=1S/C20H16Cl2N2O3S2/c1-2-27-13-8-6-12(7-9-13)10-16-19(26)24(20(28)29-16)11-17(25)23-15-5-3-4-14(21)18(15)22/h3-10H,2,11H2,1H3,(H,23,25). The van der Waals surface area contributed by atoms with Crippen LogP contribution in [-0.4, -0.2) is 34.2 Å². The topological polar surface area (TPSA) is 58.6 Å². The molecule has 2 aromatic rings. The lowest BCUT2D eigenvalue weighted by atomic mass is 10.2. The van der Waals surface area contributed by atoms with E-state index in [0.717, 1.165) is 23.1 Å². The first-order valence-electron chi connectivity index (χ1n) is 8.61. The van der Waals surface area contributed by atoms with E-state index in [2.05, 4.69) is 5.32 Å². The number of nitrogens with zero attached hydrogens (tertiary/aromatic N) is 1. The SMILES string of the molecule is CCOc1ccc(C=C2SC(=S)N(CC(=O)Nc3cccc(Cl)c3Cl)C2=O)cc1. The van der Waals surface area contributed by atoms with Crippen molar-refractivity contribution in [2.24, 2.45) is 0 Å². The van der Waals surface area contributed by atoms with Gasteiger partial charge in [-0.25, -0.2) is 0 Å². The minimum Gasteiger partial charge on any atom is -0.494 e. The monoisotopic (exact) mass is 466 g/mol. The Kier molecular flexibility index (Phi) is 7.18. The van der Waals surface area contributed by atoms with Gasteiger partial charge in [-0.3, -0.25) is 14.5 Å². The highest BCUT2D eigenvalue weighted by Crippen LogP contribution is 2.33. The van der Waals surface area contributed by atoms with E-state index in [9.17, 15) is 9.59 Å². The molecule has 150 valence electrons. The van der Waals surface area contributed by atoms with Crippen LogP contribution in [0.25, 0.3) is 6.08 Å². The van der Waals surface area contributed by atoms with E-state index in [0.29, 0.717) is 26.5 Å². The van der Waals surface area contributed by atoms with Gasteiger partial charge in [-0.15, -0.1) is 0 Å². The predicted octanol–water partition coefficient (Wildman–Crippen LogP) is 5.23. The molecular formula is C20H16Cl2N2O3S2. The summed E-state index contributed by atoms with van der Waals surface area (Å²) in [5, 5.41) is 3.22. The van der Waals surface area contributed by atoms with E-state index in [1.807, 2.05) is 31.2 Å². The Morgan fingerprint density at radius 2 is 1.97 bits per heavy atom. The molecule has 1 saturated heterocycles. The maximum atomic E-state index is 12.7. The first-order chi connectivity index (χ1) is 13.9. The molecule has 2 amide bonds. The van der Waals surface area contributed by atoms with Crippen molar-refractivity contribution in [3.8, 4) is 5.75 Å². The van der Waals surface area contributed by atoms with Crippen LogP contribution in [0.1, 0.15) is 12.5 Å². The highest BCUT2D eigenvalue weighted by Gasteiger charge is 2.33. The van der Waals surface area contributed by atoms with Crippen molar-refractivity contribution in [3.05, 3.63) is 63.0 Å². The third-order valence-corrected chi connectivity index (χ3v) is 6.09. The first kappa shape index (κ1) is 21.6. The number of carbonyl (C=O) groups is 2. The largest absolute Gasteiger partial charge is 0.494 e.